The highest BCUT2D eigenvalue weighted by Crippen LogP contribution is 2.34. The average Bonchev–Trinajstić information content (AvgIpc) is 3.27. The van der Waals surface area contributed by atoms with Crippen molar-refractivity contribution in [3.63, 3.8) is 0 Å². The van der Waals surface area contributed by atoms with Gasteiger partial charge in [-0.15, -0.1) is 11.3 Å². The molecule has 0 aliphatic carbocycles. The van der Waals surface area contributed by atoms with E-state index >= 15 is 0 Å². The zero-order valence-electron chi connectivity index (χ0n) is 17.8. The van der Waals surface area contributed by atoms with Gasteiger partial charge in [-0.05, 0) is 42.5 Å². The average molecular weight is 621 g/mol. The van der Waals surface area contributed by atoms with E-state index < -0.39 is 11.8 Å². The molecule has 0 unspecified atom stereocenters. The third kappa shape index (κ3) is 5.76. The number of amides is 2. The third-order valence-electron chi connectivity index (χ3n) is 4.76. The van der Waals surface area contributed by atoms with Crippen LogP contribution in [0.4, 0.5) is 5.13 Å². The summed E-state index contributed by atoms with van der Waals surface area (Å²) in [6.07, 6.45) is 0. The predicted octanol–water partition coefficient (Wildman–Crippen LogP) is 9.13. The lowest BCUT2D eigenvalue weighted by Crippen LogP contribution is -2.37. The molecule has 4 rings (SSSR count). The first-order valence-corrected chi connectivity index (χ1v) is 13.1. The minimum absolute atomic E-state index is 0.00771. The van der Waals surface area contributed by atoms with Crippen molar-refractivity contribution in [1.82, 2.24) is 4.98 Å². The Morgan fingerprint density at radius 1 is 0.778 bits per heavy atom. The fourth-order valence-electron chi connectivity index (χ4n) is 3.10. The molecule has 0 saturated carbocycles. The molecule has 0 spiro atoms. The van der Waals surface area contributed by atoms with Gasteiger partial charge in [-0.1, -0.05) is 81.7 Å². The summed E-state index contributed by atoms with van der Waals surface area (Å²) in [4.78, 5) is 32.5. The Morgan fingerprint density at radius 3 is 1.81 bits per heavy atom. The van der Waals surface area contributed by atoms with Crippen molar-refractivity contribution in [3.8, 4) is 5.75 Å². The largest absolute Gasteiger partial charge is 0.486 e. The van der Waals surface area contributed by atoms with Crippen molar-refractivity contribution < 1.29 is 14.3 Å². The number of anilines is 1. The first-order chi connectivity index (χ1) is 17.2. The van der Waals surface area contributed by atoms with Gasteiger partial charge in [-0.3, -0.25) is 9.59 Å². The van der Waals surface area contributed by atoms with Crippen LogP contribution in [0.25, 0.3) is 0 Å². The number of rotatable bonds is 6. The number of carbonyl (C=O) groups excluding carboxylic acids is 2. The number of halogens is 6. The number of thiazole rings is 1. The minimum Gasteiger partial charge on any atom is -0.486 e. The van der Waals surface area contributed by atoms with Gasteiger partial charge in [0.05, 0.1) is 41.9 Å². The van der Waals surface area contributed by atoms with E-state index in [0.717, 1.165) is 16.2 Å². The van der Waals surface area contributed by atoms with E-state index in [4.69, 9.17) is 74.3 Å². The zero-order valence-corrected chi connectivity index (χ0v) is 23.1. The van der Waals surface area contributed by atoms with Gasteiger partial charge in [0.25, 0.3) is 11.8 Å². The summed E-state index contributed by atoms with van der Waals surface area (Å²) in [5, 5.41) is 2.72. The van der Waals surface area contributed by atoms with Crippen molar-refractivity contribution in [2.24, 2.45) is 0 Å². The molecule has 0 atom stereocenters. The number of hydrogen-bond donors (Lipinski definition) is 0. The first kappa shape index (κ1) is 27.0. The lowest BCUT2D eigenvalue weighted by Gasteiger charge is -2.20. The minimum atomic E-state index is -0.797. The van der Waals surface area contributed by atoms with Crippen molar-refractivity contribution in [2.75, 3.05) is 4.90 Å². The van der Waals surface area contributed by atoms with Crippen molar-refractivity contribution in [1.29, 1.82) is 0 Å². The van der Waals surface area contributed by atoms with Crippen LogP contribution < -0.4 is 9.64 Å². The molecular formula is C24H12Cl6N2O3S. The fourth-order valence-corrected chi connectivity index (χ4v) is 5.49. The molecule has 0 bridgehead atoms. The molecule has 0 aliphatic heterocycles. The molecular weight excluding hydrogens is 609 g/mol. The number of nitrogens with zero attached hydrogens (tertiary/aromatic N) is 2. The molecule has 0 fully saturated rings. The maximum absolute atomic E-state index is 13.6. The highest BCUT2D eigenvalue weighted by atomic mass is 35.5. The Labute approximate surface area is 240 Å². The van der Waals surface area contributed by atoms with Gasteiger partial charge in [0.1, 0.15) is 12.4 Å². The molecule has 0 saturated heterocycles. The molecule has 12 heteroatoms. The molecule has 0 radical (unpaired) electrons. The number of benzene rings is 3. The van der Waals surface area contributed by atoms with Crippen LogP contribution in [-0.4, -0.2) is 16.8 Å². The van der Waals surface area contributed by atoms with Crippen LogP contribution in [0.15, 0.2) is 60.0 Å². The number of ether oxygens (including phenoxy) is 1. The molecule has 5 nitrogen and oxygen atoms in total. The Bertz CT molecular complexity index is 1370. The van der Waals surface area contributed by atoms with Gasteiger partial charge < -0.3 is 4.74 Å². The van der Waals surface area contributed by atoms with Gasteiger partial charge in [0.2, 0.25) is 0 Å². The van der Waals surface area contributed by atoms with E-state index in [1.54, 1.807) is 35.7 Å². The number of carbonyl (C=O) groups is 2. The Hall–Kier alpha value is -2.03. The predicted molar refractivity (Wildman–Crippen MR) is 147 cm³/mol. The monoisotopic (exact) mass is 618 g/mol. The van der Waals surface area contributed by atoms with Crippen molar-refractivity contribution in [2.45, 2.75) is 6.61 Å². The Balaban J connectivity index is 1.72. The highest BCUT2D eigenvalue weighted by Gasteiger charge is 2.33. The SMILES string of the molecule is O=C(c1c(Cl)cccc1Cl)N(C(=O)c1c(Cl)cccc1Cl)c1nc(COc2ccc(Cl)cc2Cl)cs1. The summed E-state index contributed by atoms with van der Waals surface area (Å²) in [7, 11) is 0. The lowest BCUT2D eigenvalue weighted by molar-refractivity contribution is 0.0898. The van der Waals surface area contributed by atoms with E-state index in [1.165, 1.54) is 24.3 Å². The molecule has 0 N–H and O–H groups in total. The van der Waals surface area contributed by atoms with Crippen LogP contribution in [0.5, 0.6) is 5.75 Å². The Morgan fingerprint density at radius 2 is 1.31 bits per heavy atom. The quantitative estimate of drug-likeness (QED) is 0.202. The smallest absolute Gasteiger partial charge is 0.270 e. The second-order valence-electron chi connectivity index (χ2n) is 7.12. The summed E-state index contributed by atoms with van der Waals surface area (Å²) in [6.45, 7) is 0.00771. The summed E-state index contributed by atoms with van der Waals surface area (Å²) in [5.41, 5.74) is 0.290. The third-order valence-corrected chi connectivity index (χ3v) is 7.42. The summed E-state index contributed by atoms with van der Waals surface area (Å²) < 4.78 is 5.72. The molecule has 1 heterocycles. The maximum Gasteiger partial charge on any atom is 0.270 e. The van der Waals surface area contributed by atoms with Gasteiger partial charge in [0, 0.05) is 10.4 Å². The molecule has 2 amide bonds. The van der Waals surface area contributed by atoms with Gasteiger partial charge in [-0.25, -0.2) is 9.88 Å². The number of aromatic nitrogens is 1. The standard InChI is InChI=1S/C24H12Cl6N2O3S/c25-12-7-8-19(18(30)9-12)35-10-13-11-36-24(31-13)32(22(33)20-14(26)3-1-4-15(20)27)23(34)21-16(28)5-2-6-17(21)29/h1-9,11H,10H2. The van der Waals surface area contributed by atoms with Gasteiger partial charge in [0.15, 0.2) is 5.13 Å². The van der Waals surface area contributed by atoms with Crippen LogP contribution in [-0.2, 0) is 6.61 Å². The van der Waals surface area contributed by atoms with Crippen LogP contribution in [0, 0.1) is 0 Å². The van der Waals surface area contributed by atoms with Crippen LogP contribution in [0.3, 0.4) is 0 Å². The zero-order chi connectivity index (χ0) is 26.0. The first-order valence-electron chi connectivity index (χ1n) is 9.96. The molecule has 36 heavy (non-hydrogen) atoms. The van der Waals surface area contributed by atoms with E-state index in [-0.39, 0.29) is 43.0 Å². The second-order valence-corrected chi connectivity index (χ2v) is 10.4. The van der Waals surface area contributed by atoms with Crippen LogP contribution >= 0.6 is 80.9 Å². The Kier molecular flexibility index (Phi) is 8.68. The van der Waals surface area contributed by atoms with Gasteiger partial charge >= 0.3 is 0 Å². The fraction of sp³-hybridized carbons (Fsp3) is 0.0417. The summed E-state index contributed by atoms with van der Waals surface area (Å²) >= 11 is 38.2. The highest BCUT2D eigenvalue weighted by molar-refractivity contribution is 7.14. The van der Waals surface area contributed by atoms with E-state index in [0.29, 0.717) is 21.5 Å². The lowest BCUT2D eigenvalue weighted by atomic mass is 10.1. The van der Waals surface area contributed by atoms with Crippen molar-refractivity contribution in [3.05, 3.63) is 107 Å². The maximum atomic E-state index is 13.6. The summed E-state index contributed by atoms with van der Waals surface area (Å²) in [6, 6.07) is 13.9. The molecule has 184 valence electrons. The number of imide groups is 1. The molecule has 4 aromatic rings. The topological polar surface area (TPSA) is 59.5 Å². The van der Waals surface area contributed by atoms with Crippen molar-refractivity contribution >= 4 is 97.9 Å². The van der Waals surface area contributed by atoms with E-state index in [2.05, 4.69) is 4.98 Å². The van der Waals surface area contributed by atoms with Crippen LogP contribution in [0.1, 0.15) is 26.4 Å². The van der Waals surface area contributed by atoms with E-state index in [9.17, 15) is 9.59 Å². The molecule has 3 aromatic carbocycles. The number of hydrogen-bond acceptors (Lipinski definition) is 5. The molecule has 1 aromatic heterocycles. The van der Waals surface area contributed by atoms with Crippen LogP contribution in [0.2, 0.25) is 30.1 Å². The van der Waals surface area contributed by atoms with Gasteiger partial charge in [-0.2, -0.15) is 0 Å². The second kappa shape index (κ2) is 11.6. The summed E-state index contributed by atoms with van der Waals surface area (Å²) in [5.74, 6) is -1.20. The normalized spacial score (nSPS) is 10.8. The molecule has 0 aliphatic rings. The van der Waals surface area contributed by atoms with E-state index in [1.807, 2.05) is 0 Å².